The quantitative estimate of drug-likeness (QED) is 0.137. The number of ether oxygens (including phenoxy) is 2. The van der Waals surface area contributed by atoms with Gasteiger partial charge in [0.05, 0.1) is 13.2 Å². The topological polar surface area (TPSA) is 55.8 Å². The van der Waals surface area contributed by atoms with Crippen LogP contribution in [0.3, 0.4) is 0 Å². The summed E-state index contributed by atoms with van der Waals surface area (Å²) in [6.07, 6.45) is 11.4. The van der Waals surface area contributed by atoms with E-state index in [1.54, 1.807) is 6.92 Å². The molecule has 0 bridgehead atoms. The minimum absolute atomic E-state index is 0.0567. The van der Waals surface area contributed by atoms with Crippen molar-refractivity contribution in [2.24, 2.45) is 5.92 Å². The van der Waals surface area contributed by atoms with Crippen molar-refractivity contribution in [1.82, 2.24) is 0 Å². The monoisotopic (exact) mass is 528 g/mol. The number of carbonyl (C=O) groups is 1. The van der Waals surface area contributed by atoms with E-state index in [1.807, 2.05) is 12.1 Å². The van der Waals surface area contributed by atoms with Crippen molar-refractivity contribution in [3.8, 4) is 16.9 Å². The first-order valence-corrected chi connectivity index (χ1v) is 14.7. The zero-order chi connectivity index (χ0) is 27.6. The molecule has 0 aliphatic heterocycles. The van der Waals surface area contributed by atoms with Crippen LogP contribution in [-0.4, -0.2) is 30.9 Å². The molecule has 3 aromatic rings. The smallest absolute Gasteiger partial charge is 0.333 e. The SMILES string of the molecule is C=C(C)C(=O)OCCc1cc(-c2ccc3cc(C4CCC(CCCCC)CC4)ccc3c2)ccc1OCCO. The summed E-state index contributed by atoms with van der Waals surface area (Å²) in [6.45, 7) is 7.97. The van der Waals surface area contributed by atoms with Crippen LogP contribution in [0.25, 0.3) is 21.9 Å². The molecule has 1 aliphatic rings. The van der Waals surface area contributed by atoms with E-state index in [0.717, 1.165) is 22.6 Å². The van der Waals surface area contributed by atoms with Crippen molar-refractivity contribution in [3.63, 3.8) is 0 Å². The van der Waals surface area contributed by atoms with Gasteiger partial charge in [-0.3, -0.25) is 0 Å². The van der Waals surface area contributed by atoms with Crippen molar-refractivity contribution in [2.45, 2.75) is 77.6 Å². The highest BCUT2D eigenvalue weighted by Crippen LogP contribution is 2.39. The Kier molecular flexibility index (Phi) is 10.6. The minimum atomic E-state index is -0.391. The molecule has 0 saturated heterocycles. The Morgan fingerprint density at radius 2 is 1.64 bits per heavy atom. The first-order valence-electron chi connectivity index (χ1n) is 14.7. The number of carbonyl (C=O) groups excluding carboxylic acids is 1. The molecule has 0 spiro atoms. The Morgan fingerprint density at radius 1 is 0.923 bits per heavy atom. The van der Waals surface area contributed by atoms with E-state index < -0.39 is 5.97 Å². The molecule has 0 aromatic heterocycles. The molecule has 0 atom stereocenters. The average Bonchev–Trinajstić information content (AvgIpc) is 2.96. The molecule has 39 heavy (non-hydrogen) atoms. The highest BCUT2D eigenvalue weighted by atomic mass is 16.5. The van der Waals surface area contributed by atoms with Gasteiger partial charge in [0.25, 0.3) is 0 Å². The summed E-state index contributed by atoms with van der Waals surface area (Å²) < 4.78 is 11.1. The van der Waals surface area contributed by atoms with E-state index in [0.29, 0.717) is 23.7 Å². The van der Waals surface area contributed by atoms with Crippen LogP contribution in [-0.2, 0) is 16.0 Å². The van der Waals surface area contributed by atoms with E-state index >= 15 is 0 Å². The number of rotatable bonds is 13. The van der Waals surface area contributed by atoms with Gasteiger partial charge in [0.1, 0.15) is 12.4 Å². The fourth-order valence-corrected chi connectivity index (χ4v) is 5.79. The number of hydrogen-bond donors (Lipinski definition) is 1. The van der Waals surface area contributed by atoms with Gasteiger partial charge in [-0.25, -0.2) is 4.79 Å². The third-order valence-corrected chi connectivity index (χ3v) is 8.09. The fourth-order valence-electron chi connectivity index (χ4n) is 5.79. The van der Waals surface area contributed by atoms with Crippen LogP contribution in [0.15, 0.2) is 66.7 Å². The van der Waals surface area contributed by atoms with Crippen molar-refractivity contribution >= 4 is 16.7 Å². The fraction of sp³-hybridized carbons (Fsp3) is 0.457. The predicted molar refractivity (Wildman–Crippen MR) is 160 cm³/mol. The zero-order valence-electron chi connectivity index (χ0n) is 23.7. The number of unbranched alkanes of at least 4 members (excludes halogenated alkanes) is 2. The third kappa shape index (κ3) is 7.95. The summed E-state index contributed by atoms with van der Waals surface area (Å²) in [4.78, 5) is 11.8. The summed E-state index contributed by atoms with van der Waals surface area (Å²) in [5, 5.41) is 11.7. The van der Waals surface area contributed by atoms with Gasteiger partial charge in [-0.05, 0) is 95.7 Å². The van der Waals surface area contributed by atoms with Gasteiger partial charge in [-0.2, -0.15) is 0 Å². The highest BCUT2D eigenvalue weighted by Gasteiger charge is 2.22. The Balaban J connectivity index is 1.47. The summed E-state index contributed by atoms with van der Waals surface area (Å²) in [5.41, 5.74) is 5.03. The molecule has 4 heteroatoms. The number of hydrogen-bond acceptors (Lipinski definition) is 4. The van der Waals surface area contributed by atoms with E-state index in [4.69, 9.17) is 9.47 Å². The highest BCUT2D eigenvalue weighted by molar-refractivity contribution is 5.88. The molecule has 0 heterocycles. The molecule has 0 unspecified atom stereocenters. The minimum Gasteiger partial charge on any atom is -0.491 e. The van der Waals surface area contributed by atoms with Crippen LogP contribution < -0.4 is 4.74 Å². The van der Waals surface area contributed by atoms with E-state index in [1.165, 1.54) is 67.7 Å². The van der Waals surface area contributed by atoms with Crippen LogP contribution in [0.5, 0.6) is 5.75 Å². The molecule has 1 N–H and O–H groups in total. The standard InChI is InChI=1S/C35H44O4/c1-4-5-6-7-26-8-10-27(11-9-26)28-12-13-30-23-31(15-14-29(30)22-28)32-16-17-34(38-21-19-36)33(24-32)18-20-39-35(37)25(2)3/h12-17,22-24,26-27,36H,2,4-11,18-21H2,1,3H3. The first-order chi connectivity index (χ1) is 19.0. The number of fused-ring (bicyclic) bond motifs is 1. The van der Waals surface area contributed by atoms with Crippen LogP contribution in [0, 0.1) is 5.92 Å². The number of esters is 1. The lowest BCUT2D eigenvalue weighted by Gasteiger charge is -2.29. The molecule has 1 fully saturated rings. The maximum Gasteiger partial charge on any atom is 0.333 e. The second kappa shape index (κ2) is 14.3. The average molecular weight is 529 g/mol. The maximum atomic E-state index is 11.8. The van der Waals surface area contributed by atoms with Crippen LogP contribution in [0.1, 0.15) is 82.3 Å². The lowest BCUT2D eigenvalue weighted by molar-refractivity contribution is -0.138. The Labute approximate surface area is 234 Å². The summed E-state index contributed by atoms with van der Waals surface area (Å²) >= 11 is 0. The summed E-state index contributed by atoms with van der Waals surface area (Å²) in [5.74, 6) is 1.92. The summed E-state index contributed by atoms with van der Waals surface area (Å²) in [7, 11) is 0. The van der Waals surface area contributed by atoms with Gasteiger partial charge in [0.15, 0.2) is 0 Å². The molecule has 208 valence electrons. The molecule has 0 amide bonds. The van der Waals surface area contributed by atoms with E-state index in [-0.39, 0.29) is 19.8 Å². The second-order valence-corrected chi connectivity index (χ2v) is 11.1. The largest absolute Gasteiger partial charge is 0.491 e. The lowest BCUT2D eigenvalue weighted by Crippen LogP contribution is -2.13. The van der Waals surface area contributed by atoms with Gasteiger partial charge in [-0.15, -0.1) is 0 Å². The second-order valence-electron chi connectivity index (χ2n) is 11.1. The lowest BCUT2D eigenvalue weighted by atomic mass is 9.76. The van der Waals surface area contributed by atoms with E-state index in [9.17, 15) is 9.90 Å². The molecule has 3 aromatic carbocycles. The molecular formula is C35H44O4. The first kappa shape index (κ1) is 28.9. The summed E-state index contributed by atoms with van der Waals surface area (Å²) in [6, 6.07) is 19.7. The molecule has 0 radical (unpaired) electrons. The number of aliphatic hydroxyl groups excluding tert-OH is 1. The molecule has 1 aliphatic carbocycles. The molecule has 1 saturated carbocycles. The Morgan fingerprint density at radius 3 is 2.38 bits per heavy atom. The van der Waals surface area contributed by atoms with Gasteiger partial charge in [0.2, 0.25) is 0 Å². The van der Waals surface area contributed by atoms with Gasteiger partial charge in [0, 0.05) is 12.0 Å². The normalized spacial score (nSPS) is 17.2. The van der Waals surface area contributed by atoms with Crippen LogP contribution in [0.2, 0.25) is 0 Å². The van der Waals surface area contributed by atoms with Crippen LogP contribution in [0.4, 0.5) is 0 Å². The zero-order valence-corrected chi connectivity index (χ0v) is 23.7. The Hall–Kier alpha value is -3.11. The van der Waals surface area contributed by atoms with Crippen molar-refractivity contribution in [3.05, 3.63) is 77.9 Å². The predicted octanol–water partition coefficient (Wildman–Crippen LogP) is 8.39. The number of benzene rings is 3. The van der Waals surface area contributed by atoms with Crippen molar-refractivity contribution in [2.75, 3.05) is 19.8 Å². The molecular weight excluding hydrogens is 484 g/mol. The number of aliphatic hydroxyl groups is 1. The van der Waals surface area contributed by atoms with Crippen molar-refractivity contribution in [1.29, 1.82) is 0 Å². The van der Waals surface area contributed by atoms with Crippen molar-refractivity contribution < 1.29 is 19.4 Å². The van der Waals surface area contributed by atoms with Gasteiger partial charge < -0.3 is 14.6 Å². The maximum absolute atomic E-state index is 11.8. The van der Waals surface area contributed by atoms with Gasteiger partial charge in [-0.1, -0.05) is 75.6 Å². The van der Waals surface area contributed by atoms with E-state index in [2.05, 4.69) is 56.0 Å². The third-order valence-electron chi connectivity index (χ3n) is 8.09. The van der Waals surface area contributed by atoms with Gasteiger partial charge >= 0.3 is 5.97 Å². The molecule has 4 nitrogen and oxygen atoms in total. The van der Waals surface area contributed by atoms with Crippen LogP contribution >= 0.6 is 0 Å². The molecule has 4 rings (SSSR count). The Bertz CT molecular complexity index is 1250.